The van der Waals surface area contributed by atoms with Gasteiger partial charge in [-0.1, -0.05) is 12.1 Å². The van der Waals surface area contributed by atoms with Crippen LogP contribution < -0.4 is 10.6 Å². The minimum atomic E-state index is -4.77. The van der Waals surface area contributed by atoms with Gasteiger partial charge in [-0.3, -0.25) is 4.57 Å². The Bertz CT molecular complexity index is 1640. The van der Waals surface area contributed by atoms with Gasteiger partial charge in [-0.05, 0) is 44.5 Å². The van der Waals surface area contributed by atoms with E-state index in [1.165, 1.54) is 35.6 Å². The van der Waals surface area contributed by atoms with Crippen LogP contribution in [0.25, 0.3) is 22.0 Å². The Kier molecular flexibility index (Phi) is 7.82. The first-order valence-corrected chi connectivity index (χ1v) is 15.2. The van der Waals surface area contributed by atoms with E-state index in [0.717, 1.165) is 18.2 Å². The van der Waals surface area contributed by atoms with E-state index in [-0.39, 0.29) is 65.9 Å². The van der Waals surface area contributed by atoms with Crippen molar-refractivity contribution in [3.05, 3.63) is 52.2 Å². The van der Waals surface area contributed by atoms with E-state index in [2.05, 4.69) is 4.98 Å². The third-order valence-electron chi connectivity index (χ3n) is 7.89. The average Bonchev–Trinajstić information content (AvgIpc) is 2.93. The van der Waals surface area contributed by atoms with Crippen LogP contribution in [0.5, 0.6) is 0 Å². The van der Waals surface area contributed by atoms with E-state index < -0.39 is 53.1 Å². The number of thioether (sulfide) groups is 1. The van der Waals surface area contributed by atoms with Gasteiger partial charge in [-0.25, -0.2) is 14.0 Å². The van der Waals surface area contributed by atoms with Crippen molar-refractivity contribution in [2.75, 3.05) is 50.7 Å². The fourth-order valence-electron chi connectivity index (χ4n) is 6.21. The zero-order chi connectivity index (χ0) is 31.6. The molecule has 1 aromatic heterocycles. The van der Waals surface area contributed by atoms with Crippen molar-refractivity contribution in [3.63, 3.8) is 0 Å². The summed E-state index contributed by atoms with van der Waals surface area (Å²) < 4.78 is 76.5. The molecule has 14 heteroatoms. The number of morpholine rings is 1. The molecule has 2 saturated heterocycles. The number of hydrogen-bond donors (Lipinski definition) is 0. The molecule has 3 aromatic rings. The number of piperazine rings is 1. The van der Waals surface area contributed by atoms with Crippen LogP contribution in [0.2, 0.25) is 0 Å². The van der Waals surface area contributed by atoms with Gasteiger partial charge in [0, 0.05) is 41.8 Å². The quantitative estimate of drug-likeness (QED) is 0.355. The number of nitrogens with zero attached hydrogens (tertiary/aromatic N) is 4. The first kappa shape index (κ1) is 30.7. The topological polar surface area (TPSA) is 86.1 Å². The normalized spacial score (nSPS) is 22.0. The lowest BCUT2D eigenvalue weighted by Crippen LogP contribution is -2.66. The molecule has 1 amide bonds. The number of ether oxygens (including phenoxy) is 3. The number of alkyl halides is 3. The summed E-state index contributed by atoms with van der Waals surface area (Å²) in [6.07, 6.45) is -5.27. The molecule has 236 valence electrons. The average molecular weight is 637 g/mol. The highest BCUT2D eigenvalue weighted by molar-refractivity contribution is 7.99. The second-order valence-corrected chi connectivity index (χ2v) is 13.2. The molecular weight excluding hydrogens is 604 g/mol. The highest BCUT2D eigenvalue weighted by Crippen LogP contribution is 2.50. The molecule has 2 fully saturated rings. The van der Waals surface area contributed by atoms with Gasteiger partial charge in [0.2, 0.25) is 0 Å². The molecule has 0 aliphatic carbocycles. The van der Waals surface area contributed by atoms with Crippen molar-refractivity contribution >= 4 is 34.6 Å². The van der Waals surface area contributed by atoms with E-state index in [9.17, 15) is 27.2 Å². The number of amides is 1. The minimum absolute atomic E-state index is 0.111. The lowest BCUT2D eigenvalue weighted by molar-refractivity contribution is -0.137. The highest BCUT2D eigenvalue weighted by atomic mass is 32.2. The van der Waals surface area contributed by atoms with Crippen LogP contribution in [0.15, 0.2) is 40.0 Å². The van der Waals surface area contributed by atoms with Crippen LogP contribution >= 0.6 is 11.8 Å². The molecular formula is C30H32F4N4O5S. The van der Waals surface area contributed by atoms with Crippen molar-refractivity contribution in [2.24, 2.45) is 0 Å². The standard InChI is InChI=1S/C30H32F4N4O5S/c1-29(2,3)43-28(40)36-10-18-13-42-14-19(11-36)37(18)26-21-9-22(30(32,33)34)23(16-5-7-17(31)8-6-16)25-24(21)38(27(39)35-26)20(12-41-4)15-44-25/h5-9,18-20H,10-15H2,1-4H3/t18?,19?,20-/m0/s1. The first-order chi connectivity index (χ1) is 20.8. The van der Waals surface area contributed by atoms with Gasteiger partial charge in [0.1, 0.15) is 17.2 Å². The van der Waals surface area contributed by atoms with Crippen LogP contribution in [0.3, 0.4) is 0 Å². The number of benzene rings is 2. The van der Waals surface area contributed by atoms with E-state index in [0.29, 0.717) is 5.52 Å². The summed E-state index contributed by atoms with van der Waals surface area (Å²) in [7, 11) is 1.49. The number of halogens is 4. The summed E-state index contributed by atoms with van der Waals surface area (Å²) in [5.74, 6) is -0.188. The summed E-state index contributed by atoms with van der Waals surface area (Å²) in [6, 6.07) is 4.45. The number of anilines is 1. The first-order valence-electron chi connectivity index (χ1n) is 14.2. The van der Waals surface area contributed by atoms with Crippen molar-refractivity contribution in [1.82, 2.24) is 14.5 Å². The number of methoxy groups -OCH3 is 1. The lowest BCUT2D eigenvalue weighted by Gasteiger charge is -2.50. The van der Waals surface area contributed by atoms with Crippen LogP contribution in [0, 0.1) is 5.82 Å². The third-order valence-corrected chi connectivity index (χ3v) is 9.13. The van der Waals surface area contributed by atoms with Gasteiger partial charge in [0.05, 0.1) is 49.0 Å². The predicted molar refractivity (Wildman–Crippen MR) is 157 cm³/mol. The molecule has 44 heavy (non-hydrogen) atoms. The number of aromatic nitrogens is 2. The smallest absolute Gasteiger partial charge is 0.417 e. The molecule has 0 radical (unpaired) electrons. The molecule has 2 aromatic carbocycles. The highest BCUT2D eigenvalue weighted by Gasteiger charge is 2.44. The minimum Gasteiger partial charge on any atom is -0.444 e. The number of rotatable bonds is 4. The summed E-state index contributed by atoms with van der Waals surface area (Å²) >= 11 is 1.21. The Labute approximate surface area is 255 Å². The zero-order valence-corrected chi connectivity index (χ0v) is 25.4. The fraction of sp³-hybridized carbons (Fsp3) is 0.500. The van der Waals surface area contributed by atoms with Crippen LogP contribution in [-0.2, 0) is 20.4 Å². The summed E-state index contributed by atoms with van der Waals surface area (Å²) in [5.41, 5.74) is -1.85. The number of fused-ring (bicyclic) bond motifs is 2. The van der Waals surface area contributed by atoms with Gasteiger partial charge in [0.15, 0.2) is 0 Å². The van der Waals surface area contributed by atoms with Gasteiger partial charge in [-0.15, -0.1) is 11.8 Å². The molecule has 0 N–H and O–H groups in total. The fourth-order valence-corrected chi connectivity index (χ4v) is 7.54. The van der Waals surface area contributed by atoms with Crippen LogP contribution in [0.1, 0.15) is 32.4 Å². The lowest BCUT2D eigenvalue weighted by atomic mass is 9.95. The maximum absolute atomic E-state index is 14.8. The number of carbonyl (C=O) groups is 1. The molecule has 9 nitrogen and oxygen atoms in total. The van der Waals surface area contributed by atoms with Gasteiger partial charge in [0.25, 0.3) is 0 Å². The second kappa shape index (κ2) is 11.2. The molecule has 2 bridgehead atoms. The molecule has 3 aliphatic rings. The summed E-state index contributed by atoms with van der Waals surface area (Å²) in [5, 5.41) is 0.161. The summed E-state index contributed by atoms with van der Waals surface area (Å²) in [6.45, 7) is 6.16. The van der Waals surface area contributed by atoms with Crippen molar-refractivity contribution in [1.29, 1.82) is 0 Å². The Hall–Kier alpha value is -3.36. The second-order valence-electron chi connectivity index (χ2n) is 12.2. The number of carbonyl (C=O) groups excluding carboxylic acids is 1. The summed E-state index contributed by atoms with van der Waals surface area (Å²) in [4.78, 5) is 34.8. The maximum Gasteiger partial charge on any atom is 0.417 e. The molecule has 3 aliphatic heterocycles. The largest absolute Gasteiger partial charge is 0.444 e. The van der Waals surface area contributed by atoms with Crippen molar-refractivity contribution < 1.29 is 36.6 Å². The predicted octanol–water partition coefficient (Wildman–Crippen LogP) is 5.34. The molecule has 0 saturated carbocycles. The van der Waals surface area contributed by atoms with Crippen molar-refractivity contribution in [2.45, 2.75) is 55.6 Å². The van der Waals surface area contributed by atoms with E-state index in [4.69, 9.17) is 14.2 Å². The Morgan fingerprint density at radius 3 is 2.36 bits per heavy atom. The van der Waals surface area contributed by atoms with Gasteiger partial charge in [-0.2, -0.15) is 18.2 Å². The monoisotopic (exact) mass is 636 g/mol. The third kappa shape index (κ3) is 5.51. The van der Waals surface area contributed by atoms with E-state index in [1.807, 2.05) is 4.90 Å². The molecule has 2 unspecified atom stereocenters. The number of hydrogen-bond acceptors (Lipinski definition) is 8. The molecule has 4 heterocycles. The van der Waals surface area contributed by atoms with Crippen molar-refractivity contribution in [3.8, 4) is 11.1 Å². The van der Waals surface area contributed by atoms with Crippen LogP contribution in [0.4, 0.5) is 28.2 Å². The maximum atomic E-state index is 14.8. The zero-order valence-electron chi connectivity index (χ0n) is 24.6. The van der Waals surface area contributed by atoms with Crippen LogP contribution in [-0.4, -0.2) is 84.0 Å². The molecule has 6 rings (SSSR count). The SMILES string of the molecule is COC[C@H]1CSc2c(-c3ccc(F)cc3)c(C(F)(F)F)cc3c(N4C5COCC4CN(C(=O)OC(C)(C)C)C5)nc(=O)n1c23. The molecule has 3 atom stereocenters. The Morgan fingerprint density at radius 1 is 1.11 bits per heavy atom. The Morgan fingerprint density at radius 2 is 1.77 bits per heavy atom. The molecule has 0 spiro atoms. The Balaban J connectivity index is 1.57. The van der Waals surface area contributed by atoms with E-state index in [1.54, 1.807) is 25.7 Å². The van der Waals surface area contributed by atoms with Gasteiger partial charge < -0.3 is 24.0 Å². The van der Waals surface area contributed by atoms with E-state index >= 15 is 0 Å². The van der Waals surface area contributed by atoms with Gasteiger partial charge >= 0.3 is 18.0 Å².